The zero-order valence-corrected chi connectivity index (χ0v) is 13.4. The molecular weight excluding hydrogens is 290 g/mol. The van der Waals surface area contributed by atoms with Crippen LogP contribution in [0.5, 0.6) is 0 Å². The zero-order chi connectivity index (χ0) is 15.0. The molecule has 2 unspecified atom stereocenters. The normalized spacial score (nSPS) is 33.5. The number of nitrogens with one attached hydrogen (secondary N) is 1. The first-order valence-electron chi connectivity index (χ1n) is 8.01. The third-order valence-corrected chi connectivity index (χ3v) is 7.18. The van der Waals surface area contributed by atoms with Gasteiger partial charge >= 0.3 is 0 Å². The number of fused-ring (bicyclic) bond motifs is 1. The van der Waals surface area contributed by atoms with Crippen molar-refractivity contribution in [3.8, 4) is 0 Å². The highest BCUT2D eigenvalue weighted by Crippen LogP contribution is 2.29. The summed E-state index contributed by atoms with van der Waals surface area (Å²) < 4.78 is 28.8. The van der Waals surface area contributed by atoms with Gasteiger partial charge in [-0.3, -0.25) is 4.79 Å². The SMILES string of the molecule is CC1CCN(S(=O)(=O)N2CCC3NC(=O)CCC3C2)CC1. The quantitative estimate of drug-likeness (QED) is 0.810. The number of nitrogens with zero attached hydrogens (tertiary/aromatic N) is 2. The Labute approximate surface area is 127 Å². The first kappa shape index (κ1) is 15.2. The van der Waals surface area contributed by atoms with Crippen LogP contribution in [-0.2, 0) is 15.0 Å². The molecular formula is C14H25N3O3S. The Bertz CT molecular complexity index is 500. The molecule has 0 aromatic rings. The molecule has 0 spiro atoms. The predicted octanol–water partition coefficient (Wildman–Crippen LogP) is 0.564. The second-order valence-corrected chi connectivity index (χ2v) is 8.64. The second kappa shape index (κ2) is 5.85. The van der Waals surface area contributed by atoms with Crippen molar-refractivity contribution >= 4 is 16.1 Å². The van der Waals surface area contributed by atoms with Gasteiger partial charge in [0.15, 0.2) is 0 Å². The number of carbonyl (C=O) groups is 1. The summed E-state index contributed by atoms with van der Waals surface area (Å²) >= 11 is 0. The summed E-state index contributed by atoms with van der Waals surface area (Å²) in [6.07, 6.45) is 3.97. The standard InChI is InChI=1S/C14H25N3O3S/c1-11-4-7-16(8-5-11)21(19,20)17-9-6-13-12(10-17)2-3-14(18)15-13/h11-13H,2-10H2,1H3,(H,15,18). The van der Waals surface area contributed by atoms with Crippen LogP contribution in [0.15, 0.2) is 0 Å². The van der Waals surface area contributed by atoms with Gasteiger partial charge in [-0.2, -0.15) is 17.0 Å². The molecule has 7 heteroatoms. The first-order valence-corrected chi connectivity index (χ1v) is 9.41. The van der Waals surface area contributed by atoms with Gasteiger partial charge in [0.1, 0.15) is 0 Å². The summed E-state index contributed by atoms with van der Waals surface area (Å²) in [4.78, 5) is 11.4. The monoisotopic (exact) mass is 315 g/mol. The van der Waals surface area contributed by atoms with E-state index in [4.69, 9.17) is 0 Å². The molecule has 3 aliphatic heterocycles. The Morgan fingerprint density at radius 2 is 1.71 bits per heavy atom. The molecule has 3 aliphatic rings. The summed E-state index contributed by atoms with van der Waals surface area (Å²) in [5.41, 5.74) is 0. The molecule has 0 saturated carbocycles. The molecule has 2 atom stereocenters. The maximum atomic E-state index is 12.8. The van der Waals surface area contributed by atoms with Gasteiger partial charge in [-0.05, 0) is 37.5 Å². The van der Waals surface area contributed by atoms with Crippen molar-refractivity contribution < 1.29 is 13.2 Å². The van der Waals surface area contributed by atoms with E-state index >= 15 is 0 Å². The molecule has 3 saturated heterocycles. The van der Waals surface area contributed by atoms with Gasteiger partial charge < -0.3 is 5.32 Å². The smallest absolute Gasteiger partial charge is 0.281 e. The first-order chi connectivity index (χ1) is 9.96. The summed E-state index contributed by atoms with van der Waals surface area (Å²) in [6.45, 7) is 4.55. The molecule has 3 heterocycles. The van der Waals surface area contributed by atoms with E-state index in [-0.39, 0.29) is 17.9 Å². The topological polar surface area (TPSA) is 69.7 Å². The molecule has 0 aromatic heterocycles. The lowest BCUT2D eigenvalue weighted by Gasteiger charge is -2.42. The largest absolute Gasteiger partial charge is 0.353 e. The van der Waals surface area contributed by atoms with Gasteiger partial charge in [-0.15, -0.1) is 0 Å². The van der Waals surface area contributed by atoms with E-state index in [1.165, 1.54) is 0 Å². The Kier molecular flexibility index (Phi) is 4.25. The van der Waals surface area contributed by atoms with Crippen LogP contribution in [0.2, 0.25) is 0 Å². The van der Waals surface area contributed by atoms with Crippen molar-refractivity contribution in [2.45, 2.75) is 45.1 Å². The lowest BCUT2D eigenvalue weighted by molar-refractivity contribution is -0.125. The van der Waals surface area contributed by atoms with E-state index in [9.17, 15) is 13.2 Å². The third kappa shape index (κ3) is 3.10. The number of piperidine rings is 3. The third-order valence-electron chi connectivity index (χ3n) is 5.18. The predicted molar refractivity (Wildman–Crippen MR) is 79.7 cm³/mol. The molecule has 0 aliphatic carbocycles. The van der Waals surface area contributed by atoms with Gasteiger partial charge in [-0.1, -0.05) is 6.92 Å². The molecule has 0 aromatic carbocycles. The van der Waals surface area contributed by atoms with Crippen molar-refractivity contribution in [2.75, 3.05) is 26.2 Å². The molecule has 3 fully saturated rings. The fourth-order valence-corrected chi connectivity index (χ4v) is 5.38. The van der Waals surface area contributed by atoms with E-state index in [2.05, 4.69) is 12.2 Å². The van der Waals surface area contributed by atoms with Gasteiger partial charge in [0.05, 0.1) is 0 Å². The van der Waals surface area contributed by atoms with Crippen LogP contribution in [0, 0.1) is 11.8 Å². The van der Waals surface area contributed by atoms with E-state index in [0.29, 0.717) is 38.5 Å². The number of hydrogen-bond donors (Lipinski definition) is 1. The second-order valence-electron chi connectivity index (χ2n) is 6.71. The fourth-order valence-electron chi connectivity index (χ4n) is 3.67. The van der Waals surface area contributed by atoms with Crippen molar-refractivity contribution in [2.24, 2.45) is 11.8 Å². The molecule has 0 radical (unpaired) electrons. The number of amides is 1. The average Bonchev–Trinajstić information content (AvgIpc) is 2.47. The number of carbonyl (C=O) groups excluding carboxylic acids is 1. The van der Waals surface area contributed by atoms with Gasteiger partial charge in [-0.25, -0.2) is 0 Å². The van der Waals surface area contributed by atoms with Gasteiger partial charge in [0.2, 0.25) is 5.91 Å². The van der Waals surface area contributed by atoms with Crippen LogP contribution in [0.4, 0.5) is 0 Å². The number of hydrogen-bond acceptors (Lipinski definition) is 3. The van der Waals surface area contributed by atoms with Crippen molar-refractivity contribution in [3.63, 3.8) is 0 Å². The summed E-state index contributed by atoms with van der Waals surface area (Å²) in [5.74, 6) is 1.00. The molecule has 3 rings (SSSR count). The summed E-state index contributed by atoms with van der Waals surface area (Å²) in [5, 5.41) is 3.00. The molecule has 1 N–H and O–H groups in total. The van der Waals surface area contributed by atoms with Crippen LogP contribution in [0.1, 0.15) is 39.0 Å². The number of rotatable bonds is 2. The molecule has 120 valence electrons. The van der Waals surface area contributed by atoms with Crippen LogP contribution < -0.4 is 5.32 Å². The molecule has 1 amide bonds. The highest BCUT2D eigenvalue weighted by atomic mass is 32.2. The Balaban J connectivity index is 1.65. The lowest BCUT2D eigenvalue weighted by Crippen LogP contribution is -2.57. The van der Waals surface area contributed by atoms with Crippen molar-refractivity contribution in [1.29, 1.82) is 0 Å². The molecule has 6 nitrogen and oxygen atoms in total. The Morgan fingerprint density at radius 3 is 2.43 bits per heavy atom. The molecule has 0 bridgehead atoms. The van der Waals surface area contributed by atoms with E-state index in [0.717, 1.165) is 25.7 Å². The minimum absolute atomic E-state index is 0.109. The van der Waals surface area contributed by atoms with Crippen molar-refractivity contribution in [3.05, 3.63) is 0 Å². The Morgan fingerprint density at radius 1 is 1.05 bits per heavy atom. The van der Waals surface area contributed by atoms with Gasteiger partial charge in [0.25, 0.3) is 10.2 Å². The average molecular weight is 315 g/mol. The Hall–Kier alpha value is -0.660. The van der Waals surface area contributed by atoms with E-state index < -0.39 is 10.2 Å². The van der Waals surface area contributed by atoms with Crippen LogP contribution in [0.3, 0.4) is 0 Å². The van der Waals surface area contributed by atoms with Crippen LogP contribution >= 0.6 is 0 Å². The highest BCUT2D eigenvalue weighted by Gasteiger charge is 2.40. The minimum Gasteiger partial charge on any atom is -0.353 e. The zero-order valence-electron chi connectivity index (χ0n) is 12.6. The summed E-state index contributed by atoms with van der Waals surface area (Å²) in [6, 6.07) is 0.166. The van der Waals surface area contributed by atoms with E-state index in [1.807, 2.05) is 0 Å². The van der Waals surface area contributed by atoms with Crippen LogP contribution in [0.25, 0.3) is 0 Å². The lowest BCUT2D eigenvalue weighted by atomic mass is 9.86. The molecule has 21 heavy (non-hydrogen) atoms. The highest BCUT2D eigenvalue weighted by molar-refractivity contribution is 7.86. The fraction of sp³-hybridized carbons (Fsp3) is 0.929. The minimum atomic E-state index is -3.32. The van der Waals surface area contributed by atoms with Crippen LogP contribution in [-0.4, -0.2) is 55.2 Å². The maximum absolute atomic E-state index is 12.8. The van der Waals surface area contributed by atoms with E-state index in [1.54, 1.807) is 8.61 Å². The van der Waals surface area contributed by atoms with Gasteiger partial charge in [0, 0.05) is 38.6 Å². The van der Waals surface area contributed by atoms with Crippen molar-refractivity contribution in [1.82, 2.24) is 13.9 Å². The maximum Gasteiger partial charge on any atom is 0.281 e. The summed E-state index contributed by atoms with van der Waals surface area (Å²) in [7, 11) is -3.32.